The van der Waals surface area contributed by atoms with Crippen molar-refractivity contribution in [1.82, 2.24) is 0 Å². The van der Waals surface area contributed by atoms with Gasteiger partial charge < -0.3 is 5.11 Å². The summed E-state index contributed by atoms with van der Waals surface area (Å²) in [5.74, 6) is -0.196. The van der Waals surface area contributed by atoms with E-state index in [0.29, 0.717) is 18.6 Å². The standard InChI is InChI=1S/C12H22O.C7H14O2/c1-9(2)7-8-12(5,6)11(13)10(3)4;1-4-7(3,5-2)6(8)9/h7,10H,8H2,1-6H3;4-5H2,1-3H3,(H,8,9). The Balaban J connectivity index is 0. The summed E-state index contributed by atoms with van der Waals surface area (Å²) >= 11 is 0. The predicted octanol–water partition coefficient (Wildman–Crippen LogP) is 5.49. The maximum atomic E-state index is 11.7. The zero-order valence-electron chi connectivity index (χ0n) is 16.0. The molecule has 0 aliphatic carbocycles. The van der Waals surface area contributed by atoms with E-state index in [1.54, 1.807) is 6.92 Å². The largest absolute Gasteiger partial charge is 0.481 e. The quantitative estimate of drug-likeness (QED) is 0.632. The average Bonchev–Trinajstić information content (AvgIpc) is 2.43. The van der Waals surface area contributed by atoms with Gasteiger partial charge in [0.15, 0.2) is 0 Å². The van der Waals surface area contributed by atoms with Crippen LogP contribution in [0.3, 0.4) is 0 Å². The van der Waals surface area contributed by atoms with E-state index >= 15 is 0 Å². The van der Waals surface area contributed by atoms with E-state index in [2.05, 4.69) is 19.9 Å². The van der Waals surface area contributed by atoms with Gasteiger partial charge in [0.1, 0.15) is 5.78 Å². The smallest absolute Gasteiger partial charge is 0.309 e. The normalized spacial score (nSPS) is 11.5. The fourth-order valence-corrected chi connectivity index (χ4v) is 1.89. The second-order valence-electron chi connectivity index (χ2n) is 7.46. The minimum atomic E-state index is -0.687. The fourth-order valence-electron chi connectivity index (χ4n) is 1.89. The molecule has 0 saturated carbocycles. The number of carbonyl (C=O) groups excluding carboxylic acids is 1. The van der Waals surface area contributed by atoms with Crippen LogP contribution in [0.2, 0.25) is 0 Å². The lowest BCUT2D eigenvalue weighted by molar-refractivity contribution is -0.148. The van der Waals surface area contributed by atoms with E-state index in [1.807, 2.05) is 41.5 Å². The van der Waals surface area contributed by atoms with E-state index in [0.717, 1.165) is 6.42 Å². The predicted molar refractivity (Wildman–Crippen MR) is 94.0 cm³/mol. The summed E-state index contributed by atoms with van der Waals surface area (Å²) in [5, 5.41) is 8.63. The maximum Gasteiger partial charge on any atom is 0.309 e. The van der Waals surface area contributed by atoms with Crippen LogP contribution in [0.4, 0.5) is 0 Å². The Morgan fingerprint density at radius 2 is 1.45 bits per heavy atom. The molecule has 0 aromatic carbocycles. The Morgan fingerprint density at radius 3 is 1.64 bits per heavy atom. The lowest BCUT2D eigenvalue weighted by atomic mass is 9.79. The minimum absolute atomic E-state index is 0.139. The SMILES string of the molecule is CC(C)=CCC(C)(C)C(=O)C(C)C.CCC(C)(CC)C(=O)O. The molecule has 0 aliphatic heterocycles. The first-order valence-corrected chi connectivity index (χ1v) is 8.25. The number of hydrogen-bond acceptors (Lipinski definition) is 2. The monoisotopic (exact) mass is 312 g/mol. The molecule has 0 aliphatic rings. The van der Waals surface area contributed by atoms with Gasteiger partial charge >= 0.3 is 5.97 Å². The molecule has 3 nitrogen and oxygen atoms in total. The lowest BCUT2D eigenvalue weighted by Crippen LogP contribution is -2.27. The number of rotatable bonds is 7. The third kappa shape index (κ3) is 8.35. The molecule has 0 fully saturated rings. The van der Waals surface area contributed by atoms with Crippen molar-refractivity contribution in [3.8, 4) is 0 Å². The highest BCUT2D eigenvalue weighted by atomic mass is 16.4. The van der Waals surface area contributed by atoms with Crippen LogP contribution in [0.1, 0.15) is 81.6 Å². The first-order chi connectivity index (χ1) is 9.84. The van der Waals surface area contributed by atoms with Crippen molar-refractivity contribution >= 4 is 11.8 Å². The number of carboxylic acids is 1. The number of allylic oxidation sites excluding steroid dienone is 2. The Bertz CT molecular complexity index is 381. The van der Waals surface area contributed by atoms with Crippen molar-refractivity contribution in [3.63, 3.8) is 0 Å². The van der Waals surface area contributed by atoms with Crippen LogP contribution in [-0.4, -0.2) is 16.9 Å². The van der Waals surface area contributed by atoms with Gasteiger partial charge in [-0.1, -0.05) is 53.2 Å². The van der Waals surface area contributed by atoms with Gasteiger partial charge in [0.25, 0.3) is 0 Å². The van der Waals surface area contributed by atoms with Crippen molar-refractivity contribution in [2.24, 2.45) is 16.7 Å². The van der Waals surface area contributed by atoms with Crippen LogP contribution < -0.4 is 0 Å². The maximum absolute atomic E-state index is 11.7. The Hall–Kier alpha value is -1.12. The number of carbonyl (C=O) groups is 2. The zero-order valence-corrected chi connectivity index (χ0v) is 16.0. The Kier molecular flexibility index (Phi) is 10.3. The number of ketones is 1. The van der Waals surface area contributed by atoms with Crippen LogP contribution in [0.25, 0.3) is 0 Å². The van der Waals surface area contributed by atoms with Crippen LogP contribution in [0.15, 0.2) is 11.6 Å². The zero-order chi connectivity index (χ0) is 18.1. The van der Waals surface area contributed by atoms with Gasteiger partial charge in [-0.3, -0.25) is 9.59 Å². The summed E-state index contributed by atoms with van der Waals surface area (Å²) < 4.78 is 0. The van der Waals surface area contributed by atoms with E-state index in [-0.39, 0.29) is 11.3 Å². The van der Waals surface area contributed by atoms with E-state index in [4.69, 9.17) is 5.11 Å². The molecule has 0 saturated heterocycles. The molecule has 0 heterocycles. The summed E-state index contributed by atoms with van der Waals surface area (Å²) in [5.41, 5.74) is 0.579. The van der Waals surface area contributed by atoms with Gasteiger partial charge in [-0.15, -0.1) is 0 Å². The third-order valence-electron chi connectivity index (χ3n) is 4.29. The van der Waals surface area contributed by atoms with Crippen molar-refractivity contribution in [1.29, 1.82) is 0 Å². The van der Waals surface area contributed by atoms with Crippen LogP contribution in [0.5, 0.6) is 0 Å². The van der Waals surface area contributed by atoms with Gasteiger partial charge in [0.05, 0.1) is 5.41 Å². The van der Waals surface area contributed by atoms with Crippen molar-refractivity contribution in [2.45, 2.75) is 81.6 Å². The molecule has 3 heteroatoms. The number of Topliss-reactive ketones (excluding diaryl/α,β-unsaturated/α-hetero) is 1. The van der Waals surface area contributed by atoms with E-state index in [1.165, 1.54) is 5.57 Å². The highest BCUT2D eigenvalue weighted by Crippen LogP contribution is 2.26. The van der Waals surface area contributed by atoms with Crippen molar-refractivity contribution < 1.29 is 14.7 Å². The second kappa shape index (κ2) is 9.81. The summed E-state index contributed by atoms with van der Waals surface area (Å²) in [6, 6.07) is 0. The molecule has 0 aromatic heterocycles. The van der Waals surface area contributed by atoms with E-state index in [9.17, 15) is 9.59 Å². The molecule has 0 unspecified atom stereocenters. The van der Waals surface area contributed by atoms with Gasteiger partial charge in [-0.2, -0.15) is 0 Å². The molecular formula is C19H36O3. The molecule has 0 bridgehead atoms. The van der Waals surface area contributed by atoms with Gasteiger partial charge in [-0.25, -0.2) is 0 Å². The number of carboxylic acid groups (broad SMARTS) is 1. The molecule has 0 atom stereocenters. The Morgan fingerprint density at radius 1 is 1.05 bits per heavy atom. The summed E-state index contributed by atoms with van der Waals surface area (Å²) in [6.45, 7) is 17.7. The highest BCUT2D eigenvalue weighted by molar-refractivity contribution is 5.85. The summed E-state index contributed by atoms with van der Waals surface area (Å²) in [4.78, 5) is 22.2. The lowest BCUT2D eigenvalue weighted by Gasteiger charge is -2.23. The fraction of sp³-hybridized carbons (Fsp3) is 0.789. The first-order valence-electron chi connectivity index (χ1n) is 8.25. The number of hydrogen-bond donors (Lipinski definition) is 1. The van der Waals surface area contributed by atoms with Crippen molar-refractivity contribution in [2.75, 3.05) is 0 Å². The van der Waals surface area contributed by atoms with Gasteiger partial charge in [-0.05, 0) is 40.0 Å². The molecule has 22 heavy (non-hydrogen) atoms. The molecule has 0 amide bonds. The molecule has 130 valence electrons. The molecule has 1 N–H and O–H groups in total. The van der Waals surface area contributed by atoms with Crippen LogP contribution >= 0.6 is 0 Å². The molecule has 0 rings (SSSR count). The molecular weight excluding hydrogens is 276 g/mol. The Labute approximate surface area is 137 Å². The topological polar surface area (TPSA) is 54.4 Å². The molecule has 0 aromatic rings. The van der Waals surface area contributed by atoms with Crippen LogP contribution in [0, 0.1) is 16.7 Å². The van der Waals surface area contributed by atoms with Crippen molar-refractivity contribution in [3.05, 3.63) is 11.6 Å². The average molecular weight is 312 g/mol. The highest BCUT2D eigenvalue weighted by Gasteiger charge is 2.28. The first kappa shape index (κ1) is 23.2. The summed E-state index contributed by atoms with van der Waals surface area (Å²) in [6.07, 6.45) is 4.41. The summed E-state index contributed by atoms with van der Waals surface area (Å²) in [7, 11) is 0. The van der Waals surface area contributed by atoms with E-state index < -0.39 is 11.4 Å². The third-order valence-corrected chi connectivity index (χ3v) is 4.29. The molecule has 0 radical (unpaired) electrons. The number of aliphatic carboxylic acids is 1. The van der Waals surface area contributed by atoms with Gasteiger partial charge in [0, 0.05) is 11.3 Å². The van der Waals surface area contributed by atoms with Crippen LogP contribution in [-0.2, 0) is 9.59 Å². The van der Waals surface area contributed by atoms with Gasteiger partial charge in [0.2, 0.25) is 0 Å². The minimum Gasteiger partial charge on any atom is -0.481 e. The second-order valence-corrected chi connectivity index (χ2v) is 7.46. The molecule has 0 spiro atoms.